The van der Waals surface area contributed by atoms with Gasteiger partial charge in [-0.3, -0.25) is 4.79 Å². The minimum absolute atomic E-state index is 0.340. The monoisotopic (exact) mass is 180 g/mol. The molecule has 1 aliphatic heterocycles. The molecule has 1 fully saturated rings. The second-order valence-electron chi connectivity index (χ2n) is 3.38. The number of aliphatic carboxylic acids is 1. The molecule has 0 radical (unpaired) electrons. The van der Waals surface area contributed by atoms with E-state index in [1.165, 1.54) is 5.56 Å². The predicted octanol–water partition coefficient (Wildman–Crippen LogP) is 0.545. The number of rotatable bonds is 2. The molecule has 1 saturated heterocycles. The van der Waals surface area contributed by atoms with Gasteiger partial charge in [-0.15, -0.1) is 0 Å². The van der Waals surface area contributed by atoms with E-state index in [1.54, 1.807) is 0 Å². The maximum atomic E-state index is 10.6. The number of aromatic nitrogens is 1. The van der Waals surface area contributed by atoms with Crippen molar-refractivity contribution in [3.63, 3.8) is 0 Å². The van der Waals surface area contributed by atoms with Gasteiger partial charge in [0.2, 0.25) is 0 Å². The van der Waals surface area contributed by atoms with Gasteiger partial charge in [0.1, 0.15) is 6.04 Å². The summed E-state index contributed by atoms with van der Waals surface area (Å²) in [5.74, 6) is -0.412. The first-order valence-electron chi connectivity index (χ1n) is 4.36. The van der Waals surface area contributed by atoms with Gasteiger partial charge in [0, 0.05) is 18.9 Å². The van der Waals surface area contributed by atoms with Crippen LogP contribution in [0.25, 0.3) is 0 Å². The summed E-state index contributed by atoms with van der Waals surface area (Å²) >= 11 is 0. The van der Waals surface area contributed by atoms with Crippen LogP contribution in [0.2, 0.25) is 0 Å². The molecule has 1 aromatic heterocycles. The zero-order chi connectivity index (χ0) is 9.26. The van der Waals surface area contributed by atoms with Gasteiger partial charge >= 0.3 is 5.97 Å². The van der Waals surface area contributed by atoms with Crippen LogP contribution in [-0.4, -0.2) is 28.6 Å². The summed E-state index contributed by atoms with van der Waals surface area (Å²) in [7, 11) is 0. The van der Waals surface area contributed by atoms with E-state index in [9.17, 15) is 4.79 Å². The molecule has 2 atom stereocenters. The molecule has 0 amide bonds. The van der Waals surface area contributed by atoms with Gasteiger partial charge < -0.3 is 15.4 Å². The van der Waals surface area contributed by atoms with E-state index in [2.05, 4.69) is 10.3 Å². The molecule has 3 N–H and O–H groups in total. The molecule has 1 aromatic rings. The quantitative estimate of drug-likeness (QED) is 0.622. The number of nitrogens with one attached hydrogen (secondary N) is 2. The van der Waals surface area contributed by atoms with E-state index < -0.39 is 5.97 Å². The highest BCUT2D eigenvalue weighted by atomic mass is 16.4. The van der Waals surface area contributed by atoms with Crippen LogP contribution < -0.4 is 5.32 Å². The lowest BCUT2D eigenvalue weighted by Gasteiger charge is -2.04. The van der Waals surface area contributed by atoms with Crippen molar-refractivity contribution in [1.29, 1.82) is 0 Å². The number of aromatic amines is 1. The number of carboxylic acid groups (broad SMARTS) is 1. The van der Waals surface area contributed by atoms with Crippen LogP contribution in [-0.2, 0) is 4.79 Å². The topological polar surface area (TPSA) is 65.1 Å². The molecule has 0 bridgehead atoms. The van der Waals surface area contributed by atoms with E-state index >= 15 is 0 Å². The molecule has 4 nitrogen and oxygen atoms in total. The second kappa shape index (κ2) is 3.22. The number of carbonyl (C=O) groups is 1. The molecule has 70 valence electrons. The Morgan fingerprint density at radius 2 is 2.46 bits per heavy atom. The first kappa shape index (κ1) is 8.31. The Bertz CT molecular complexity index is 295. The summed E-state index contributed by atoms with van der Waals surface area (Å²) in [5, 5.41) is 11.7. The standard InChI is InChI=1S/C9H12N2O2/c12-9(13)8-3-7(5-11-8)6-1-2-10-4-6/h1-2,4,7-8,10-11H,3,5H2,(H,12,13). The van der Waals surface area contributed by atoms with E-state index in [-0.39, 0.29) is 6.04 Å². The molecule has 1 aliphatic rings. The van der Waals surface area contributed by atoms with Gasteiger partial charge in [-0.05, 0) is 24.0 Å². The van der Waals surface area contributed by atoms with Crippen molar-refractivity contribution in [3.05, 3.63) is 24.0 Å². The predicted molar refractivity (Wildman–Crippen MR) is 47.6 cm³/mol. The highest BCUT2D eigenvalue weighted by Crippen LogP contribution is 2.25. The summed E-state index contributed by atoms with van der Waals surface area (Å²) in [6.07, 6.45) is 4.48. The molecule has 0 spiro atoms. The van der Waals surface area contributed by atoms with Crippen molar-refractivity contribution in [3.8, 4) is 0 Å². The summed E-state index contributed by atoms with van der Waals surface area (Å²) in [6.45, 7) is 0.759. The normalized spacial score (nSPS) is 27.7. The molecule has 0 saturated carbocycles. The third-order valence-electron chi connectivity index (χ3n) is 2.52. The van der Waals surface area contributed by atoms with Gasteiger partial charge in [0.25, 0.3) is 0 Å². The lowest BCUT2D eigenvalue weighted by atomic mass is 9.99. The van der Waals surface area contributed by atoms with Crippen molar-refractivity contribution in [2.24, 2.45) is 0 Å². The van der Waals surface area contributed by atoms with Crippen molar-refractivity contribution in [2.75, 3.05) is 6.54 Å². The summed E-state index contributed by atoms with van der Waals surface area (Å²) in [5.41, 5.74) is 1.19. The Labute approximate surface area is 76.0 Å². The third kappa shape index (κ3) is 1.58. The van der Waals surface area contributed by atoms with Crippen LogP contribution in [0.5, 0.6) is 0 Å². The van der Waals surface area contributed by atoms with Gasteiger partial charge in [-0.1, -0.05) is 0 Å². The number of hydrogen-bond donors (Lipinski definition) is 3. The van der Waals surface area contributed by atoms with Crippen molar-refractivity contribution >= 4 is 5.97 Å². The fraction of sp³-hybridized carbons (Fsp3) is 0.444. The second-order valence-corrected chi connectivity index (χ2v) is 3.38. The highest BCUT2D eigenvalue weighted by Gasteiger charge is 2.29. The molecule has 0 aliphatic carbocycles. The van der Waals surface area contributed by atoms with Crippen LogP contribution in [0.15, 0.2) is 18.5 Å². The van der Waals surface area contributed by atoms with Gasteiger partial charge in [-0.25, -0.2) is 0 Å². The lowest BCUT2D eigenvalue weighted by molar-refractivity contribution is -0.139. The molecule has 2 unspecified atom stereocenters. The number of H-pyrrole nitrogens is 1. The average molecular weight is 180 g/mol. The maximum Gasteiger partial charge on any atom is 0.320 e. The van der Waals surface area contributed by atoms with Gasteiger partial charge in [-0.2, -0.15) is 0 Å². The molecular formula is C9H12N2O2. The van der Waals surface area contributed by atoms with Crippen LogP contribution in [0.4, 0.5) is 0 Å². The van der Waals surface area contributed by atoms with Crippen LogP contribution in [0, 0.1) is 0 Å². The maximum absolute atomic E-state index is 10.6. The van der Waals surface area contributed by atoms with Crippen LogP contribution in [0.1, 0.15) is 17.9 Å². The first-order valence-corrected chi connectivity index (χ1v) is 4.36. The first-order chi connectivity index (χ1) is 6.27. The van der Waals surface area contributed by atoms with Crippen molar-refractivity contribution in [2.45, 2.75) is 18.4 Å². The molecule has 2 rings (SSSR count). The fourth-order valence-electron chi connectivity index (χ4n) is 1.77. The zero-order valence-electron chi connectivity index (χ0n) is 7.16. The number of carboxylic acids is 1. The lowest BCUT2D eigenvalue weighted by Crippen LogP contribution is -2.29. The molecular weight excluding hydrogens is 168 g/mol. The van der Waals surface area contributed by atoms with E-state index in [4.69, 9.17) is 5.11 Å². The average Bonchev–Trinajstić information content (AvgIpc) is 2.75. The Balaban J connectivity index is 2.03. The number of hydrogen-bond acceptors (Lipinski definition) is 2. The smallest absolute Gasteiger partial charge is 0.320 e. The largest absolute Gasteiger partial charge is 0.480 e. The molecule has 0 aromatic carbocycles. The zero-order valence-corrected chi connectivity index (χ0v) is 7.16. The van der Waals surface area contributed by atoms with Crippen molar-refractivity contribution < 1.29 is 9.90 Å². The summed E-state index contributed by atoms with van der Waals surface area (Å²) < 4.78 is 0. The van der Waals surface area contributed by atoms with E-state index in [1.807, 2.05) is 18.5 Å². The third-order valence-corrected chi connectivity index (χ3v) is 2.52. The minimum atomic E-state index is -0.752. The Hall–Kier alpha value is -1.29. The Morgan fingerprint density at radius 1 is 1.62 bits per heavy atom. The Kier molecular flexibility index (Phi) is 2.06. The summed E-state index contributed by atoms with van der Waals surface area (Å²) in [4.78, 5) is 13.6. The van der Waals surface area contributed by atoms with Crippen LogP contribution in [0.3, 0.4) is 0 Å². The van der Waals surface area contributed by atoms with E-state index in [0.29, 0.717) is 12.3 Å². The van der Waals surface area contributed by atoms with Crippen molar-refractivity contribution in [1.82, 2.24) is 10.3 Å². The van der Waals surface area contributed by atoms with Gasteiger partial charge in [0.05, 0.1) is 0 Å². The van der Waals surface area contributed by atoms with Gasteiger partial charge in [0.15, 0.2) is 0 Å². The Morgan fingerprint density at radius 3 is 3.00 bits per heavy atom. The molecule has 13 heavy (non-hydrogen) atoms. The molecule has 2 heterocycles. The van der Waals surface area contributed by atoms with Crippen LogP contribution >= 0.6 is 0 Å². The summed E-state index contributed by atoms with van der Waals surface area (Å²) in [6, 6.07) is 1.62. The van der Waals surface area contributed by atoms with E-state index in [0.717, 1.165) is 6.54 Å². The highest BCUT2D eigenvalue weighted by molar-refractivity contribution is 5.74. The molecule has 4 heteroatoms. The fourth-order valence-corrected chi connectivity index (χ4v) is 1.77. The SMILES string of the molecule is O=C(O)C1CC(c2cc[nH]c2)CN1. The minimum Gasteiger partial charge on any atom is -0.480 e.